The number of nitrogens with zero attached hydrogens (tertiary/aromatic N) is 2. The van der Waals surface area contributed by atoms with Crippen molar-refractivity contribution in [1.29, 1.82) is 0 Å². The Morgan fingerprint density at radius 3 is 2.46 bits per heavy atom. The van der Waals surface area contributed by atoms with E-state index in [1.165, 1.54) is 0 Å². The molecule has 1 N–H and O–H groups in total. The van der Waals surface area contributed by atoms with Crippen LogP contribution in [0.3, 0.4) is 0 Å². The lowest BCUT2D eigenvalue weighted by Gasteiger charge is -2.34. The van der Waals surface area contributed by atoms with Gasteiger partial charge in [0, 0.05) is 55.4 Å². The minimum absolute atomic E-state index is 0.119. The van der Waals surface area contributed by atoms with Gasteiger partial charge >= 0.3 is 0 Å². The molecule has 0 bridgehead atoms. The summed E-state index contributed by atoms with van der Waals surface area (Å²) in [6, 6.07) is 15.2. The number of amides is 2. The number of carbonyl (C=O) groups is 2. The molecule has 0 aromatic heterocycles. The lowest BCUT2D eigenvalue weighted by molar-refractivity contribution is -0.130. The monoisotopic (exact) mass is 415 g/mol. The SMILES string of the molecule is CC(=O)N1CCN(Cc2cccc(C(=O)Nc3cccc(Br)c3)c2)CC1. The van der Waals surface area contributed by atoms with Crippen molar-refractivity contribution in [2.24, 2.45) is 0 Å². The van der Waals surface area contributed by atoms with Crippen LogP contribution in [0.25, 0.3) is 0 Å². The highest BCUT2D eigenvalue weighted by molar-refractivity contribution is 9.10. The third-order valence-corrected chi connectivity index (χ3v) is 4.99. The maximum atomic E-state index is 12.5. The average Bonchev–Trinajstić information content (AvgIpc) is 2.62. The Kier molecular flexibility index (Phi) is 6.06. The normalized spacial score (nSPS) is 14.9. The maximum absolute atomic E-state index is 12.5. The van der Waals surface area contributed by atoms with Gasteiger partial charge in [0.15, 0.2) is 0 Å². The van der Waals surface area contributed by atoms with Crippen molar-refractivity contribution in [2.45, 2.75) is 13.5 Å². The van der Waals surface area contributed by atoms with Crippen LogP contribution >= 0.6 is 15.9 Å². The Hall–Kier alpha value is -2.18. The highest BCUT2D eigenvalue weighted by Gasteiger charge is 2.18. The van der Waals surface area contributed by atoms with E-state index in [4.69, 9.17) is 0 Å². The number of hydrogen-bond donors (Lipinski definition) is 1. The number of nitrogens with one attached hydrogen (secondary N) is 1. The van der Waals surface area contributed by atoms with E-state index in [9.17, 15) is 9.59 Å². The highest BCUT2D eigenvalue weighted by Crippen LogP contribution is 2.17. The van der Waals surface area contributed by atoms with E-state index in [0.717, 1.165) is 48.4 Å². The van der Waals surface area contributed by atoms with Gasteiger partial charge in [-0.15, -0.1) is 0 Å². The van der Waals surface area contributed by atoms with Gasteiger partial charge in [0.1, 0.15) is 0 Å². The molecule has 0 atom stereocenters. The van der Waals surface area contributed by atoms with Crippen LogP contribution in [0.5, 0.6) is 0 Å². The Bertz CT molecular complexity index is 801. The molecule has 1 fully saturated rings. The highest BCUT2D eigenvalue weighted by atomic mass is 79.9. The molecule has 0 saturated carbocycles. The van der Waals surface area contributed by atoms with Crippen molar-refractivity contribution in [3.63, 3.8) is 0 Å². The minimum Gasteiger partial charge on any atom is -0.340 e. The van der Waals surface area contributed by atoms with Crippen LogP contribution in [0.15, 0.2) is 53.0 Å². The van der Waals surface area contributed by atoms with Gasteiger partial charge in [-0.25, -0.2) is 0 Å². The van der Waals surface area contributed by atoms with Crippen LogP contribution in [0.2, 0.25) is 0 Å². The van der Waals surface area contributed by atoms with E-state index in [0.29, 0.717) is 5.56 Å². The number of hydrogen-bond acceptors (Lipinski definition) is 3. The van der Waals surface area contributed by atoms with Gasteiger partial charge in [0.25, 0.3) is 5.91 Å². The smallest absolute Gasteiger partial charge is 0.255 e. The van der Waals surface area contributed by atoms with Gasteiger partial charge < -0.3 is 10.2 Å². The molecule has 3 rings (SSSR count). The molecule has 1 aliphatic rings. The Labute approximate surface area is 162 Å². The summed E-state index contributed by atoms with van der Waals surface area (Å²) in [6.07, 6.45) is 0. The molecule has 2 aromatic rings. The first-order valence-electron chi connectivity index (χ1n) is 8.65. The zero-order chi connectivity index (χ0) is 18.5. The summed E-state index contributed by atoms with van der Waals surface area (Å²) < 4.78 is 0.925. The van der Waals surface area contributed by atoms with Crippen molar-refractivity contribution in [3.8, 4) is 0 Å². The van der Waals surface area contributed by atoms with E-state index in [2.05, 4.69) is 26.1 Å². The van der Waals surface area contributed by atoms with Crippen LogP contribution in [0, 0.1) is 0 Å². The first-order chi connectivity index (χ1) is 12.5. The van der Waals surface area contributed by atoms with Gasteiger partial charge in [0.05, 0.1) is 0 Å². The van der Waals surface area contributed by atoms with E-state index in [1.807, 2.05) is 53.4 Å². The summed E-state index contributed by atoms with van der Waals surface area (Å²) in [4.78, 5) is 28.1. The molecule has 1 saturated heterocycles. The molecule has 0 unspecified atom stereocenters. The van der Waals surface area contributed by atoms with E-state index >= 15 is 0 Å². The fraction of sp³-hybridized carbons (Fsp3) is 0.300. The zero-order valence-corrected chi connectivity index (χ0v) is 16.3. The van der Waals surface area contributed by atoms with Crippen LogP contribution in [-0.4, -0.2) is 47.8 Å². The summed E-state index contributed by atoms with van der Waals surface area (Å²) in [5.74, 6) is 0.0159. The maximum Gasteiger partial charge on any atom is 0.255 e. The molecule has 2 aromatic carbocycles. The number of rotatable bonds is 4. The predicted octanol–water partition coefficient (Wildman–Crippen LogP) is 3.37. The van der Waals surface area contributed by atoms with Crippen molar-refractivity contribution in [3.05, 3.63) is 64.1 Å². The quantitative estimate of drug-likeness (QED) is 0.832. The van der Waals surface area contributed by atoms with E-state index in [-0.39, 0.29) is 11.8 Å². The lowest BCUT2D eigenvalue weighted by atomic mass is 10.1. The number of anilines is 1. The molecule has 6 heteroatoms. The summed E-state index contributed by atoms with van der Waals surface area (Å²) in [7, 11) is 0. The molecule has 1 aliphatic heterocycles. The second kappa shape index (κ2) is 8.47. The van der Waals surface area contributed by atoms with E-state index < -0.39 is 0 Å². The van der Waals surface area contributed by atoms with E-state index in [1.54, 1.807) is 6.92 Å². The first-order valence-corrected chi connectivity index (χ1v) is 9.44. The van der Waals surface area contributed by atoms with Crippen molar-refractivity contribution in [1.82, 2.24) is 9.80 Å². The molecule has 0 spiro atoms. The number of halogens is 1. The fourth-order valence-corrected chi connectivity index (χ4v) is 3.46. The third kappa shape index (κ3) is 4.93. The van der Waals surface area contributed by atoms with Crippen molar-refractivity contribution in [2.75, 3.05) is 31.5 Å². The largest absolute Gasteiger partial charge is 0.340 e. The van der Waals surface area contributed by atoms with Crippen molar-refractivity contribution < 1.29 is 9.59 Å². The average molecular weight is 416 g/mol. The molecule has 26 heavy (non-hydrogen) atoms. The van der Waals surface area contributed by atoms with Gasteiger partial charge in [-0.3, -0.25) is 14.5 Å². The summed E-state index contributed by atoms with van der Waals surface area (Å²) in [5.41, 5.74) is 2.50. The summed E-state index contributed by atoms with van der Waals surface area (Å²) in [5, 5.41) is 2.92. The number of piperazine rings is 1. The summed E-state index contributed by atoms with van der Waals surface area (Å²) >= 11 is 3.41. The second-order valence-corrected chi connectivity index (χ2v) is 7.36. The molecule has 0 radical (unpaired) electrons. The van der Waals surface area contributed by atoms with Crippen molar-refractivity contribution >= 4 is 33.4 Å². The molecular weight excluding hydrogens is 394 g/mol. The van der Waals surface area contributed by atoms with Crippen LogP contribution in [0.4, 0.5) is 5.69 Å². The van der Waals surface area contributed by atoms with Crippen LogP contribution in [0.1, 0.15) is 22.8 Å². The van der Waals surface area contributed by atoms with Gasteiger partial charge in [-0.05, 0) is 35.9 Å². The van der Waals surface area contributed by atoms with Gasteiger partial charge in [0.2, 0.25) is 5.91 Å². The van der Waals surface area contributed by atoms with Crippen LogP contribution in [-0.2, 0) is 11.3 Å². The number of carbonyl (C=O) groups excluding carboxylic acids is 2. The Balaban J connectivity index is 1.61. The van der Waals surface area contributed by atoms with Gasteiger partial charge in [-0.2, -0.15) is 0 Å². The number of benzene rings is 2. The lowest BCUT2D eigenvalue weighted by Crippen LogP contribution is -2.47. The van der Waals surface area contributed by atoms with Crippen LogP contribution < -0.4 is 5.32 Å². The predicted molar refractivity (Wildman–Crippen MR) is 106 cm³/mol. The summed E-state index contributed by atoms with van der Waals surface area (Å²) in [6.45, 7) is 5.63. The molecule has 0 aliphatic carbocycles. The third-order valence-electron chi connectivity index (χ3n) is 4.50. The molecular formula is C20H22BrN3O2. The zero-order valence-electron chi connectivity index (χ0n) is 14.7. The topological polar surface area (TPSA) is 52.7 Å². The molecule has 136 valence electrons. The fourth-order valence-electron chi connectivity index (χ4n) is 3.06. The second-order valence-electron chi connectivity index (χ2n) is 6.45. The first kappa shape index (κ1) is 18.6. The Morgan fingerprint density at radius 1 is 1.04 bits per heavy atom. The molecule has 5 nitrogen and oxygen atoms in total. The molecule has 2 amide bonds. The standard InChI is InChI=1S/C20H22BrN3O2/c1-15(25)24-10-8-23(9-11-24)14-16-4-2-5-17(12-16)20(26)22-19-7-3-6-18(21)13-19/h2-7,12-13H,8-11,14H2,1H3,(H,22,26). The molecule has 1 heterocycles. The minimum atomic E-state index is -0.119. The van der Waals surface area contributed by atoms with Gasteiger partial charge in [-0.1, -0.05) is 34.1 Å². The Morgan fingerprint density at radius 2 is 1.77 bits per heavy atom.